The minimum atomic E-state index is -0.171. The molecule has 4 nitrogen and oxygen atoms in total. The number of anilines is 1. The number of nitrogens with one attached hydrogen (secondary N) is 2. The first-order valence-electron chi connectivity index (χ1n) is 5.63. The van der Waals surface area contributed by atoms with Crippen molar-refractivity contribution in [3.8, 4) is 0 Å². The highest BCUT2D eigenvalue weighted by Gasteiger charge is 2.07. The Kier molecular flexibility index (Phi) is 3.62. The summed E-state index contributed by atoms with van der Waals surface area (Å²) in [6, 6.07) is 4.02. The van der Waals surface area contributed by atoms with Gasteiger partial charge >= 0.3 is 0 Å². The molecule has 18 heavy (non-hydrogen) atoms. The van der Waals surface area contributed by atoms with E-state index >= 15 is 0 Å². The molecule has 2 aromatic rings. The van der Waals surface area contributed by atoms with Gasteiger partial charge in [0.1, 0.15) is 0 Å². The fraction of sp³-hybridized carbons (Fsp3) is 0.231. The van der Waals surface area contributed by atoms with E-state index in [1.54, 1.807) is 11.3 Å². The van der Waals surface area contributed by atoms with Gasteiger partial charge in [-0.25, -0.2) is 0 Å². The van der Waals surface area contributed by atoms with Gasteiger partial charge < -0.3 is 5.32 Å². The molecule has 1 amide bonds. The lowest BCUT2D eigenvalue weighted by molar-refractivity contribution is -0.111. The van der Waals surface area contributed by atoms with Crippen molar-refractivity contribution in [2.45, 2.75) is 20.8 Å². The van der Waals surface area contributed by atoms with E-state index in [2.05, 4.69) is 15.5 Å². The molecule has 0 aliphatic heterocycles. The minimum absolute atomic E-state index is 0.171. The number of aromatic nitrogens is 2. The standard InChI is InChI=1S/C13H15N3OS/c1-8-4-5-11(18-8)6-7-12(17)14-13-9(2)10(3)15-16-13/h4-7H,1-3H3,(H2,14,15,16,17)/b7-6+. The van der Waals surface area contributed by atoms with Crippen LogP contribution in [0.1, 0.15) is 21.0 Å². The first-order valence-corrected chi connectivity index (χ1v) is 6.45. The Morgan fingerprint density at radius 2 is 2.17 bits per heavy atom. The summed E-state index contributed by atoms with van der Waals surface area (Å²) >= 11 is 1.65. The van der Waals surface area contributed by atoms with Gasteiger partial charge in [0, 0.05) is 27.1 Å². The van der Waals surface area contributed by atoms with Crippen molar-refractivity contribution in [2.75, 3.05) is 5.32 Å². The average Bonchev–Trinajstić information content (AvgIpc) is 2.88. The van der Waals surface area contributed by atoms with Crippen molar-refractivity contribution in [1.82, 2.24) is 10.2 Å². The van der Waals surface area contributed by atoms with Crippen LogP contribution in [0.5, 0.6) is 0 Å². The Morgan fingerprint density at radius 3 is 2.72 bits per heavy atom. The first kappa shape index (κ1) is 12.6. The van der Waals surface area contributed by atoms with Gasteiger partial charge in [-0.05, 0) is 39.0 Å². The Balaban J connectivity index is 2.01. The fourth-order valence-electron chi connectivity index (χ4n) is 1.47. The second kappa shape index (κ2) is 5.18. The normalized spacial score (nSPS) is 11.1. The molecule has 0 radical (unpaired) electrons. The molecule has 0 unspecified atom stereocenters. The Morgan fingerprint density at radius 1 is 1.39 bits per heavy atom. The Hall–Kier alpha value is -1.88. The van der Waals surface area contributed by atoms with Crippen LogP contribution >= 0.6 is 11.3 Å². The minimum Gasteiger partial charge on any atom is -0.305 e. The van der Waals surface area contributed by atoms with Crippen molar-refractivity contribution >= 4 is 29.1 Å². The molecule has 0 bridgehead atoms. The van der Waals surface area contributed by atoms with E-state index in [0.29, 0.717) is 5.82 Å². The van der Waals surface area contributed by atoms with Crippen molar-refractivity contribution < 1.29 is 4.79 Å². The van der Waals surface area contributed by atoms with E-state index < -0.39 is 0 Å². The van der Waals surface area contributed by atoms with Crippen LogP contribution in [0.3, 0.4) is 0 Å². The van der Waals surface area contributed by atoms with Crippen molar-refractivity contribution in [3.05, 3.63) is 39.2 Å². The molecule has 94 valence electrons. The molecular formula is C13H15N3OS. The van der Waals surface area contributed by atoms with Crippen molar-refractivity contribution in [2.24, 2.45) is 0 Å². The second-order valence-corrected chi connectivity index (χ2v) is 5.41. The number of carbonyl (C=O) groups is 1. The zero-order valence-electron chi connectivity index (χ0n) is 10.6. The summed E-state index contributed by atoms with van der Waals surface area (Å²) in [5, 5.41) is 9.60. The molecule has 2 rings (SSSR count). The van der Waals surface area contributed by atoms with Gasteiger partial charge in [-0.3, -0.25) is 9.89 Å². The number of amides is 1. The predicted octanol–water partition coefficient (Wildman–Crippen LogP) is 3.05. The number of nitrogens with zero attached hydrogens (tertiary/aromatic N) is 1. The van der Waals surface area contributed by atoms with Crippen LogP contribution in [-0.2, 0) is 4.79 Å². The van der Waals surface area contributed by atoms with Gasteiger partial charge in [-0.2, -0.15) is 5.10 Å². The number of rotatable bonds is 3. The van der Waals surface area contributed by atoms with E-state index in [-0.39, 0.29) is 5.91 Å². The summed E-state index contributed by atoms with van der Waals surface area (Å²) in [6.45, 7) is 5.88. The summed E-state index contributed by atoms with van der Waals surface area (Å²) < 4.78 is 0. The topological polar surface area (TPSA) is 57.8 Å². The third kappa shape index (κ3) is 2.87. The number of aromatic amines is 1. The molecule has 0 spiro atoms. The molecule has 0 atom stereocenters. The van der Waals surface area contributed by atoms with Crippen molar-refractivity contribution in [3.63, 3.8) is 0 Å². The van der Waals surface area contributed by atoms with E-state index in [9.17, 15) is 4.79 Å². The predicted molar refractivity (Wildman–Crippen MR) is 74.8 cm³/mol. The largest absolute Gasteiger partial charge is 0.305 e. The zero-order chi connectivity index (χ0) is 13.1. The highest BCUT2D eigenvalue weighted by molar-refractivity contribution is 7.12. The number of thiophene rings is 1. The maximum atomic E-state index is 11.7. The molecule has 0 aliphatic rings. The van der Waals surface area contributed by atoms with Crippen LogP contribution in [0, 0.1) is 20.8 Å². The molecule has 2 aromatic heterocycles. The molecule has 0 fully saturated rings. The molecule has 2 heterocycles. The number of hydrogen-bond acceptors (Lipinski definition) is 3. The molecular weight excluding hydrogens is 246 g/mol. The number of carbonyl (C=O) groups excluding carboxylic acids is 1. The Bertz CT molecular complexity index is 595. The molecule has 0 saturated carbocycles. The number of H-pyrrole nitrogens is 1. The van der Waals surface area contributed by atoms with Crippen LogP contribution in [0.4, 0.5) is 5.82 Å². The van der Waals surface area contributed by atoms with Gasteiger partial charge in [-0.15, -0.1) is 11.3 Å². The van der Waals surface area contributed by atoms with Crippen LogP contribution in [-0.4, -0.2) is 16.1 Å². The highest BCUT2D eigenvalue weighted by atomic mass is 32.1. The van der Waals surface area contributed by atoms with Crippen LogP contribution in [0.2, 0.25) is 0 Å². The molecule has 2 N–H and O–H groups in total. The van der Waals surface area contributed by atoms with Gasteiger partial charge in [-0.1, -0.05) is 0 Å². The summed E-state index contributed by atoms with van der Waals surface area (Å²) in [4.78, 5) is 14.0. The molecule has 5 heteroatoms. The SMILES string of the molecule is Cc1ccc(/C=C/C(=O)Nc2n[nH]c(C)c2C)s1. The quantitative estimate of drug-likeness (QED) is 0.834. The van der Waals surface area contributed by atoms with Crippen LogP contribution in [0.15, 0.2) is 18.2 Å². The summed E-state index contributed by atoms with van der Waals surface area (Å²) in [5.74, 6) is 0.417. The smallest absolute Gasteiger partial charge is 0.249 e. The van der Waals surface area contributed by atoms with Crippen molar-refractivity contribution in [1.29, 1.82) is 0 Å². The lowest BCUT2D eigenvalue weighted by Crippen LogP contribution is -2.08. The first-order chi connectivity index (χ1) is 8.56. The maximum Gasteiger partial charge on any atom is 0.249 e. The van der Waals surface area contributed by atoms with Gasteiger partial charge in [0.25, 0.3) is 0 Å². The maximum absolute atomic E-state index is 11.7. The second-order valence-electron chi connectivity index (χ2n) is 4.09. The molecule has 0 aliphatic carbocycles. The summed E-state index contributed by atoms with van der Waals surface area (Å²) in [6.07, 6.45) is 3.33. The van der Waals surface area contributed by atoms with Gasteiger partial charge in [0.05, 0.1) is 0 Å². The monoisotopic (exact) mass is 261 g/mol. The summed E-state index contributed by atoms with van der Waals surface area (Å²) in [7, 11) is 0. The lowest BCUT2D eigenvalue weighted by Gasteiger charge is -1.98. The van der Waals surface area contributed by atoms with E-state index in [1.807, 2.05) is 39.0 Å². The van der Waals surface area contributed by atoms with Crippen LogP contribution in [0.25, 0.3) is 6.08 Å². The third-order valence-electron chi connectivity index (χ3n) is 2.65. The Labute approximate surface area is 110 Å². The summed E-state index contributed by atoms with van der Waals surface area (Å²) in [5.41, 5.74) is 1.92. The van der Waals surface area contributed by atoms with E-state index in [4.69, 9.17) is 0 Å². The number of aryl methyl sites for hydroxylation is 2. The zero-order valence-corrected chi connectivity index (χ0v) is 11.4. The van der Waals surface area contributed by atoms with Gasteiger partial charge in [0.2, 0.25) is 5.91 Å². The van der Waals surface area contributed by atoms with Gasteiger partial charge in [0.15, 0.2) is 5.82 Å². The molecule has 0 aromatic carbocycles. The van der Waals surface area contributed by atoms with E-state index in [0.717, 1.165) is 16.1 Å². The number of hydrogen-bond donors (Lipinski definition) is 2. The molecule has 0 saturated heterocycles. The van der Waals surface area contributed by atoms with Crippen LogP contribution < -0.4 is 5.32 Å². The fourth-order valence-corrected chi connectivity index (χ4v) is 2.25. The van der Waals surface area contributed by atoms with E-state index in [1.165, 1.54) is 11.0 Å². The highest BCUT2D eigenvalue weighted by Crippen LogP contribution is 2.17. The lowest BCUT2D eigenvalue weighted by atomic mass is 10.3. The third-order valence-corrected chi connectivity index (χ3v) is 3.62. The average molecular weight is 261 g/mol.